The summed E-state index contributed by atoms with van der Waals surface area (Å²) in [4.78, 5) is 34.1. The molecule has 18 heavy (non-hydrogen) atoms. The fraction of sp³-hybridized carbons (Fsp3) is 0.250. The standard InChI is InChI=1S/C12H10O6/c1-6(13)17-10-7-4-3-5-8(16-2)9(7)11(14)18-12(10)15/h3-5,10H,1-2H3. The van der Waals surface area contributed by atoms with Crippen LogP contribution in [0.4, 0.5) is 0 Å². The smallest absolute Gasteiger partial charge is 0.360 e. The summed E-state index contributed by atoms with van der Waals surface area (Å²) in [5.74, 6) is -2.09. The van der Waals surface area contributed by atoms with Crippen molar-refractivity contribution in [3.63, 3.8) is 0 Å². The van der Waals surface area contributed by atoms with E-state index in [-0.39, 0.29) is 16.9 Å². The van der Waals surface area contributed by atoms with Crippen LogP contribution in [0.5, 0.6) is 5.75 Å². The first-order valence-corrected chi connectivity index (χ1v) is 5.14. The molecule has 1 aromatic carbocycles. The van der Waals surface area contributed by atoms with Gasteiger partial charge in [0.15, 0.2) is 0 Å². The Hall–Kier alpha value is -2.37. The van der Waals surface area contributed by atoms with Crippen LogP contribution in [0.25, 0.3) is 0 Å². The predicted octanol–water partition coefficient (Wildman–Crippen LogP) is 0.996. The van der Waals surface area contributed by atoms with E-state index in [9.17, 15) is 14.4 Å². The Morgan fingerprint density at radius 3 is 2.67 bits per heavy atom. The minimum atomic E-state index is -1.23. The molecule has 0 saturated heterocycles. The van der Waals surface area contributed by atoms with Gasteiger partial charge in [0.25, 0.3) is 0 Å². The van der Waals surface area contributed by atoms with Crippen molar-refractivity contribution in [2.24, 2.45) is 0 Å². The monoisotopic (exact) mass is 250 g/mol. The highest BCUT2D eigenvalue weighted by Gasteiger charge is 2.38. The number of ether oxygens (including phenoxy) is 3. The summed E-state index contributed by atoms with van der Waals surface area (Å²) in [6, 6.07) is 4.67. The summed E-state index contributed by atoms with van der Waals surface area (Å²) in [7, 11) is 1.39. The summed E-state index contributed by atoms with van der Waals surface area (Å²) in [5, 5.41) is 0. The molecule has 0 radical (unpaired) electrons. The lowest BCUT2D eigenvalue weighted by Crippen LogP contribution is -2.30. The molecule has 0 aromatic heterocycles. The average molecular weight is 250 g/mol. The van der Waals surface area contributed by atoms with Crippen LogP contribution in [-0.4, -0.2) is 25.0 Å². The van der Waals surface area contributed by atoms with Gasteiger partial charge >= 0.3 is 17.9 Å². The van der Waals surface area contributed by atoms with Gasteiger partial charge in [0.2, 0.25) is 6.10 Å². The minimum Gasteiger partial charge on any atom is -0.496 e. The molecular formula is C12H10O6. The quantitative estimate of drug-likeness (QED) is 0.575. The largest absolute Gasteiger partial charge is 0.496 e. The maximum Gasteiger partial charge on any atom is 0.360 e. The number of fused-ring (bicyclic) bond motifs is 1. The van der Waals surface area contributed by atoms with E-state index in [4.69, 9.17) is 9.47 Å². The van der Waals surface area contributed by atoms with Crippen LogP contribution >= 0.6 is 0 Å². The first kappa shape index (κ1) is 12.1. The minimum absolute atomic E-state index is 0.103. The Balaban J connectivity index is 2.55. The zero-order valence-corrected chi connectivity index (χ0v) is 9.76. The lowest BCUT2D eigenvalue weighted by atomic mass is 9.99. The predicted molar refractivity (Wildman–Crippen MR) is 57.9 cm³/mol. The number of esters is 3. The fourth-order valence-electron chi connectivity index (χ4n) is 1.76. The number of hydrogen-bond donors (Lipinski definition) is 0. The molecule has 0 bridgehead atoms. The normalized spacial score (nSPS) is 17.8. The second-order valence-corrected chi connectivity index (χ2v) is 3.62. The molecule has 0 aliphatic carbocycles. The van der Waals surface area contributed by atoms with Crippen molar-refractivity contribution in [1.82, 2.24) is 0 Å². The Kier molecular flexibility index (Phi) is 3.01. The Morgan fingerprint density at radius 1 is 1.33 bits per heavy atom. The van der Waals surface area contributed by atoms with Crippen molar-refractivity contribution in [2.45, 2.75) is 13.0 Å². The van der Waals surface area contributed by atoms with Crippen molar-refractivity contribution in [3.8, 4) is 5.75 Å². The zero-order valence-electron chi connectivity index (χ0n) is 9.76. The SMILES string of the molecule is COc1cccc2c1C(=O)OC(=O)C2OC(C)=O. The van der Waals surface area contributed by atoms with Gasteiger partial charge in [-0.2, -0.15) is 0 Å². The molecule has 0 saturated carbocycles. The molecule has 1 aliphatic heterocycles. The highest BCUT2D eigenvalue weighted by Crippen LogP contribution is 2.34. The van der Waals surface area contributed by atoms with Crippen LogP contribution in [0, 0.1) is 0 Å². The third-order valence-corrected chi connectivity index (χ3v) is 2.46. The molecule has 1 aromatic rings. The van der Waals surface area contributed by atoms with Crippen molar-refractivity contribution in [2.75, 3.05) is 7.11 Å². The number of cyclic esters (lactones) is 2. The highest BCUT2D eigenvalue weighted by molar-refractivity contribution is 6.06. The fourth-order valence-corrected chi connectivity index (χ4v) is 1.76. The van der Waals surface area contributed by atoms with Crippen molar-refractivity contribution in [3.05, 3.63) is 29.3 Å². The third kappa shape index (κ3) is 1.92. The van der Waals surface area contributed by atoms with Gasteiger partial charge in [0.05, 0.1) is 7.11 Å². The van der Waals surface area contributed by atoms with Gasteiger partial charge in [-0.05, 0) is 6.07 Å². The van der Waals surface area contributed by atoms with Crippen LogP contribution in [0.1, 0.15) is 28.9 Å². The van der Waals surface area contributed by atoms with E-state index < -0.39 is 24.0 Å². The molecule has 1 unspecified atom stereocenters. The van der Waals surface area contributed by atoms with Gasteiger partial charge in [-0.25, -0.2) is 9.59 Å². The molecule has 6 nitrogen and oxygen atoms in total. The number of carbonyl (C=O) groups is 3. The summed E-state index contributed by atoms with van der Waals surface area (Å²) in [5.41, 5.74) is 0.372. The maximum atomic E-state index is 11.6. The van der Waals surface area contributed by atoms with Gasteiger partial charge in [-0.3, -0.25) is 4.79 Å². The van der Waals surface area contributed by atoms with Gasteiger partial charge in [0, 0.05) is 12.5 Å². The summed E-state index contributed by atoms with van der Waals surface area (Å²) < 4.78 is 14.4. The van der Waals surface area contributed by atoms with E-state index in [2.05, 4.69) is 4.74 Å². The van der Waals surface area contributed by atoms with E-state index in [1.54, 1.807) is 12.1 Å². The van der Waals surface area contributed by atoms with E-state index in [1.165, 1.54) is 20.1 Å². The second kappa shape index (κ2) is 4.48. The number of hydrogen-bond acceptors (Lipinski definition) is 6. The number of rotatable bonds is 2. The summed E-state index contributed by atoms with van der Waals surface area (Å²) >= 11 is 0. The van der Waals surface area contributed by atoms with Gasteiger partial charge in [-0.1, -0.05) is 12.1 Å². The molecule has 6 heteroatoms. The third-order valence-electron chi connectivity index (χ3n) is 2.46. The highest BCUT2D eigenvalue weighted by atomic mass is 16.6. The Bertz CT molecular complexity index is 533. The average Bonchev–Trinajstić information content (AvgIpc) is 2.33. The molecule has 0 spiro atoms. The number of benzene rings is 1. The van der Waals surface area contributed by atoms with Crippen LogP contribution in [0.2, 0.25) is 0 Å². The molecule has 0 amide bonds. The van der Waals surface area contributed by atoms with Crippen LogP contribution < -0.4 is 4.74 Å². The van der Waals surface area contributed by atoms with Crippen molar-refractivity contribution >= 4 is 17.9 Å². The first-order valence-electron chi connectivity index (χ1n) is 5.14. The van der Waals surface area contributed by atoms with E-state index >= 15 is 0 Å². The maximum absolute atomic E-state index is 11.6. The van der Waals surface area contributed by atoms with E-state index in [0.29, 0.717) is 0 Å². The lowest BCUT2D eigenvalue weighted by molar-refractivity contribution is -0.164. The zero-order chi connectivity index (χ0) is 13.3. The molecule has 94 valence electrons. The Labute approximate surface area is 102 Å². The van der Waals surface area contributed by atoms with Crippen LogP contribution in [-0.2, 0) is 19.1 Å². The van der Waals surface area contributed by atoms with Gasteiger partial charge in [-0.15, -0.1) is 0 Å². The van der Waals surface area contributed by atoms with Gasteiger partial charge < -0.3 is 14.2 Å². The van der Waals surface area contributed by atoms with E-state index in [0.717, 1.165) is 0 Å². The Morgan fingerprint density at radius 2 is 2.06 bits per heavy atom. The topological polar surface area (TPSA) is 78.9 Å². The number of methoxy groups -OCH3 is 1. The van der Waals surface area contributed by atoms with Crippen LogP contribution in [0.15, 0.2) is 18.2 Å². The lowest BCUT2D eigenvalue weighted by Gasteiger charge is -2.23. The van der Waals surface area contributed by atoms with Crippen molar-refractivity contribution < 1.29 is 28.6 Å². The molecule has 0 fully saturated rings. The molecule has 2 rings (SSSR count). The van der Waals surface area contributed by atoms with Gasteiger partial charge in [0.1, 0.15) is 11.3 Å². The molecule has 0 N–H and O–H groups in total. The molecule has 1 atom stereocenters. The van der Waals surface area contributed by atoms with E-state index in [1.807, 2.05) is 0 Å². The van der Waals surface area contributed by atoms with Crippen LogP contribution in [0.3, 0.4) is 0 Å². The van der Waals surface area contributed by atoms with Crippen molar-refractivity contribution in [1.29, 1.82) is 0 Å². The molecular weight excluding hydrogens is 240 g/mol. The summed E-state index contributed by atoms with van der Waals surface area (Å²) in [6.07, 6.45) is -1.23. The summed E-state index contributed by atoms with van der Waals surface area (Å²) in [6.45, 7) is 1.17. The number of carbonyl (C=O) groups excluding carboxylic acids is 3. The second-order valence-electron chi connectivity index (χ2n) is 3.62. The molecule has 1 heterocycles. The molecule has 1 aliphatic rings. The first-order chi connectivity index (χ1) is 8.54.